The summed E-state index contributed by atoms with van der Waals surface area (Å²) in [6.45, 7) is 0. The van der Waals surface area contributed by atoms with Crippen molar-refractivity contribution in [1.29, 1.82) is 0 Å². The van der Waals surface area contributed by atoms with Gasteiger partial charge >= 0.3 is 6.03 Å². The number of benzene rings is 2. The van der Waals surface area contributed by atoms with Gasteiger partial charge in [-0.1, -0.05) is 48.5 Å². The normalized spacial score (nSPS) is 11.3. The van der Waals surface area contributed by atoms with Gasteiger partial charge in [0.05, 0.1) is 5.69 Å². The number of aromatic nitrogens is 2. The number of hydrogen-bond acceptors (Lipinski definition) is 2. The molecule has 2 aromatic carbocycles. The molecule has 3 aromatic rings. The van der Waals surface area contributed by atoms with Gasteiger partial charge in [0.25, 0.3) is 0 Å². The van der Waals surface area contributed by atoms with Crippen molar-refractivity contribution in [2.24, 2.45) is 5.73 Å². The molecule has 1 aromatic heterocycles. The molecule has 0 bridgehead atoms. The van der Waals surface area contributed by atoms with Crippen molar-refractivity contribution in [3.05, 3.63) is 65.6 Å². The molecule has 3 rings (SSSR count). The van der Waals surface area contributed by atoms with Crippen molar-refractivity contribution in [1.82, 2.24) is 9.78 Å². The van der Waals surface area contributed by atoms with E-state index in [1.54, 1.807) is 18.2 Å². The average molecular weight is 281 g/mol. The lowest BCUT2D eigenvalue weighted by atomic mass is 10.1. The molecule has 2 N–H and O–H groups in total. The summed E-state index contributed by atoms with van der Waals surface area (Å²) < 4.78 is 14.8. The fraction of sp³-hybridized carbons (Fsp3) is 0. The summed E-state index contributed by atoms with van der Waals surface area (Å²) in [5.41, 5.74) is 6.81. The molecule has 21 heavy (non-hydrogen) atoms. The van der Waals surface area contributed by atoms with Crippen LogP contribution in [0, 0.1) is 5.82 Å². The van der Waals surface area contributed by atoms with Crippen LogP contribution in [-0.4, -0.2) is 15.8 Å². The van der Waals surface area contributed by atoms with Gasteiger partial charge in [0.15, 0.2) is 0 Å². The summed E-state index contributed by atoms with van der Waals surface area (Å²) in [4.78, 5) is 11.4. The maximum Gasteiger partial charge on any atom is 0.340 e. The van der Waals surface area contributed by atoms with E-state index in [-0.39, 0.29) is 5.52 Å². The van der Waals surface area contributed by atoms with E-state index in [2.05, 4.69) is 5.10 Å². The lowest BCUT2D eigenvalue weighted by molar-refractivity contribution is 0.248. The molecule has 0 saturated carbocycles. The zero-order chi connectivity index (χ0) is 14.8. The molecule has 5 heteroatoms. The average Bonchev–Trinajstić information content (AvgIpc) is 2.87. The third-order valence-corrected chi connectivity index (χ3v) is 3.12. The quantitative estimate of drug-likeness (QED) is 0.783. The molecule has 0 aliphatic rings. The number of carbonyl (C=O) groups excluding carboxylic acids is 1. The van der Waals surface area contributed by atoms with Crippen LogP contribution in [0.4, 0.5) is 9.18 Å². The predicted octanol–water partition coefficient (Wildman–Crippen LogP) is 3.27. The molecule has 4 nitrogen and oxygen atoms in total. The van der Waals surface area contributed by atoms with E-state index < -0.39 is 11.8 Å². The smallest absolute Gasteiger partial charge is 0.340 e. The number of fused-ring (bicyclic) bond motifs is 1. The minimum atomic E-state index is -0.815. The van der Waals surface area contributed by atoms with Crippen LogP contribution < -0.4 is 5.73 Å². The van der Waals surface area contributed by atoms with E-state index in [9.17, 15) is 9.18 Å². The topological polar surface area (TPSA) is 60.9 Å². The SMILES string of the molecule is NC(=O)n1nc(C=Cc2ccccc2)c2cccc(F)c21. The molecule has 0 aliphatic carbocycles. The molecule has 0 fully saturated rings. The summed E-state index contributed by atoms with van der Waals surface area (Å²) in [5, 5.41) is 4.62. The minimum Gasteiger partial charge on any atom is -0.350 e. The summed E-state index contributed by atoms with van der Waals surface area (Å²) in [7, 11) is 0. The van der Waals surface area contributed by atoms with Gasteiger partial charge in [-0.2, -0.15) is 9.78 Å². The maximum absolute atomic E-state index is 13.9. The number of nitrogens with zero attached hydrogens (tertiary/aromatic N) is 2. The largest absolute Gasteiger partial charge is 0.350 e. The highest BCUT2D eigenvalue weighted by atomic mass is 19.1. The third kappa shape index (κ3) is 2.41. The minimum absolute atomic E-state index is 0.0951. The van der Waals surface area contributed by atoms with E-state index in [0.717, 1.165) is 10.2 Å². The molecule has 0 unspecified atom stereocenters. The van der Waals surface area contributed by atoms with Crippen LogP contribution in [0.3, 0.4) is 0 Å². The van der Waals surface area contributed by atoms with Crippen molar-refractivity contribution < 1.29 is 9.18 Å². The van der Waals surface area contributed by atoms with Crippen molar-refractivity contribution in [3.63, 3.8) is 0 Å². The van der Waals surface area contributed by atoms with E-state index in [1.165, 1.54) is 6.07 Å². The first kappa shape index (κ1) is 13.1. The number of para-hydroxylation sites is 1. The second-order valence-electron chi connectivity index (χ2n) is 4.52. The Hall–Kier alpha value is -2.95. The Labute approximate surface area is 120 Å². The third-order valence-electron chi connectivity index (χ3n) is 3.12. The second-order valence-corrected chi connectivity index (χ2v) is 4.52. The Kier molecular flexibility index (Phi) is 3.23. The van der Waals surface area contributed by atoms with Gasteiger partial charge in [0.1, 0.15) is 11.3 Å². The van der Waals surface area contributed by atoms with Crippen molar-refractivity contribution in [3.8, 4) is 0 Å². The molecule has 0 aliphatic heterocycles. The van der Waals surface area contributed by atoms with Gasteiger partial charge in [-0.05, 0) is 17.7 Å². The molecular formula is C16H12FN3O. The van der Waals surface area contributed by atoms with Crippen LogP contribution in [0.2, 0.25) is 0 Å². The number of rotatable bonds is 2. The molecule has 0 atom stereocenters. The monoisotopic (exact) mass is 281 g/mol. The molecule has 1 amide bonds. The Morgan fingerprint density at radius 3 is 2.57 bits per heavy atom. The highest BCUT2D eigenvalue weighted by molar-refractivity contribution is 5.95. The summed E-state index contributed by atoms with van der Waals surface area (Å²) in [6.07, 6.45) is 3.58. The Bertz CT molecular complexity index is 837. The van der Waals surface area contributed by atoms with Crippen LogP contribution in [-0.2, 0) is 0 Å². The van der Waals surface area contributed by atoms with Gasteiger partial charge in [-0.3, -0.25) is 0 Å². The van der Waals surface area contributed by atoms with Crippen molar-refractivity contribution in [2.75, 3.05) is 0 Å². The van der Waals surface area contributed by atoms with E-state index in [1.807, 2.05) is 36.4 Å². The standard InChI is InChI=1S/C16H12FN3O/c17-13-8-4-7-12-14(19-20(15(12)13)16(18)21)10-9-11-5-2-1-3-6-11/h1-10H,(H2,18,21). The Morgan fingerprint density at radius 2 is 1.86 bits per heavy atom. The first-order valence-electron chi connectivity index (χ1n) is 6.37. The molecule has 0 radical (unpaired) electrons. The second kappa shape index (κ2) is 5.20. The van der Waals surface area contributed by atoms with Gasteiger partial charge < -0.3 is 5.73 Å². The highest BCUT2D eigenvalue weighted by Gasteiger charge is 2.15. The van der Waals surface area contributed by atoms with Crippen LogP contribution in [0.5, 0.6) is 0 Å². The molecule has 104 valence electrons. The molecule has 0 spiro atoms. The first-order valence-corrected chi connectivity index (χ1v) is 6.37. The lowest BCUT2D eigenvalue weighted by Gasteiger charge is -1.96. The van der Waals surface area contributed by atoms with Crippen molar-refractivity contribution in [2.45, 2.75) is 0 Å². The fourth-order valence-electron chi connectivity index (χ4n) is 2.17. The summed E-state index contributed by atoms with van der Waals surface area (Å²) in [6, 6.07) is 13.4. The maximum atomic E-state index is 13.9. The first-order chi connectivity index (χ1) is 10.2. The number of nitrogens with two attached hydrogens (primary N) is 1. The van der Waals surface area contributed by atoms with Gasteiger partial charge in [0.2, 0.25) is 0 Å². The van der Waals surface area contributed by atoms with Crippen LogP contribution in [0.15, 0.2) is 48.5 Å². The fourth-order valence-corrected chi connectivity index (χ4v) is 2.17. The number of carbonyl (C=O) groups is 1. The van der Waals surface area contributed by atoms with E-state index >= 15 is 0 Å². The number of primary amides is 1. The number of halogens is 1. The van der Waals surface area contributed by atoms with Crippen LogP contribution >= 0.6 is 0 Å². The molecular weight excluding hydrogens is 269 g/mol. The predicted molar refractivity (Wildman–Crippen MR) is 80.0 cm³/mol. The Morgan fingerprint density at radius 1 is 1.10 bits per heavy atom. The van der Waals surface area contributed by atoms with Gasteiger partial charge in [-0.15, -0.1) is 0 Å². The summed E-state index contributed by atoms with van der Waals surface area (Å²) in [5.74, 6) is -0.529. The zero-order valence-electron chi connectivity index (χ0n) is 11.0. The lowest BCUT2D eigenvalue weighted by Crippen LogP contribution is -2.21. The highest BCUT2D eigenvalue weighted by Crippen LogP contribution is 2.23. The molecule has 1 heterocycles. The zero-order valence-corrected chi connectivity index (χ0v) is 11.0. The van der Waals surface area contributed by atoms with E-state index in [4.69, 9.17) is 5.73 Å². The number of amides is 1. The van der Waals surface area contributed by atoms with Gasteiger partial charge in [-0.25, -0.2) is 9.18 Å². The summed E-state index contributed by atoms with van der Waals surface area (Å²) >= 11 is 0. The number of hydrogen-bond donors (Lipinski definition) is 1. The van der Waals surface area contributed by atoms with Crippen LogP contribution in [0.1, 0.15) is 11.3 Å². The van der Waals surface area contributed by atoms with Crippen LogP contribution in [0.25, 0.3) is 23.1 Å². The Balaban J connectivity index is 2.13. The van der Waals surface area contributed by atoms with Crippen molar-refractivity contribution >= 4 is 29.1 Å². The van der Waals surface area contributed by atoms with E-state index in [0.29, 0.717) is 11.1 Å². The van der Waals surface area contributed by atoms with Gasteiger partial charge in [0, 0.05) is 5.39 Å². The molecule has 0 saturated heterocycles.